The van der Waals surface area contributed by atoms with E-state index in [4.69, 9.17) is 21.1 Å². The number of sulfonamides is 1. The number of ether oxygens (including phenoxy) is 2. The van der Waals surface area contributed by atoms with Gasteiger partial charge in [0.1, 0.15) is 19.3 Å². The van der Waals surface area contributed by atoms with Crippen molar-refractivity contribution in [3.05, 3.63) is 53.1 Å². The van der Waals surface area contributed by atoms with Crippen LogP contribution in [0.15, 0.2) is 47.4 Å². The standard InChI is InChI=1S/C21H25ClN2O5S2/c1-24(14-15-5-3-4-6-17(15)22)21(25)18(9-12-30-2)23-31(26,27)16-7-8-19-20(13-16)29-11-10-28-19/h3-8,13,18,23H,9-12,14H2,1-2H3. The van der Waals surface area contributed by atoms with Crippen LogP contribution in [-0.2, 0) is 21.4 Å². The van der Waals surface area contributed by atoms with Gasteiger partial charge in [0.05, 0.1) is 4.90 Å². The Morgan fingerprint density at radius 3 is 2.61 bits per heavy atom. The number of nitrogens with zero attached hydrogens (tertiary/aromatic N) is 1. The van der Waals surface area contributed by atoms with Gasteiger partial charge in [-0.1, -0.05) is 29.8 Å². The molecule has 7 nitrogen and oxygen atoms in total. The first-order valence-corrected chi connectivity index (χ1v) is 13.0. The summed E-state index contributed by atoms with van der Waals surface area (Å²) >= 11 is 7.75. The summed E-state index contributed by atoms with van der Waals surface area (Å²) in [6, 6.07) is 10.8. The van der Waals surface area contributed by atoms with Crippen LogP contribution in [0.25, 0.3) is 0 Å². The van der Waals surface area contributed by atoms with Crippen LogP contribution in [0.2, 0.25) is 5.02 Å². The van der Waals surface area contributed by atoms with Gasteiger partial charge in [0.25, 0.3) is 0 Å². The molecule has 0 saturated carbocycles. The first-order chi connectivity index (χ1) is 14.8. The van der Waals surface area contributed by atoms with E-state index in [-0.39, 0.29) is 17.3 Å². The number of carbonyl (C=O) groups is 1. The van der Waals surface area contributed by atoms with Crippen molar-refractivity contribution in [2.24, 2.45) is 0 Å². The van der Waals surface area contributed by atoms with Gasteiger partial charge in [-0.25, -0.2) is 8.42 Å². The SMILES string of the molecule is CSCCC(NS(=O)(=O)c1ccc2c(c1)OCCO2)C(=O)N(C)Cc1ccccc1Cl. The molecule has 168 valence electrons. The topological polar surface area (TPSA) is 84.9 Å². The zero-order chi connectivity index (χ0) is 22.4. The Labute approximate surface area is 192 Å². The van der Waals surface area contributed by atoms with Gasteiger partial charge in [0.2, 0.25) is 15.9 Å². The summed E-state index contributed by atoms with van der Waals surface area (Å²) in [7, 11) is -2.32. The normalized spacial score (nSPS) is 14.2. The smallest absolute Gasteiger partial charge is 0.241 e. The number of benzene rings is 2. The van der Waals surface area contributed by atoms with E-state index in [1.165, 1.54) is 17.0 Å². The molecule has 0 radical (unpaired) electrons. The quantitative estimate of drug-likeness (QED) is 0.588. The minimum Gasteiger partial charge on any atom is -0.486 e. The monoisotopic (exact) mass is 484 g/mol. The number of halogens is 1. The average molecular weight is 485 g/mol. The number of rotatable bonds is 9. The fourth-order valence-corrected chi connectivity index (χ4v) is 5.05. The van der Waals surface area contributed by atoms with Crippen LogP contribution in [-0.4, -0.2) is 57.5 Å². The van der Waals surface area contributed by atoms with E-state index >= 15 is 0 Å². The highest BCUT2D eigenvalue weighted by Gasteiger charge is 2.29. The highest BCUT2D eigenvalue weighted by Crippen LogP contribution is 2.32. The van der Waals surface area contributed by atoms with E-state index in [0.717, 1.165) is 5.56 Å². The maximum Gasteiger partial charge on any atom is 0.241 e. The van der Waals surface area contributed by atoms with Gasteiger partial charge in [-0.05, 0) is 42.2 Å². The molecule has 10 heteroatoms. The molecule has 2 aromatic rings. The summed E-state index contributed by atoms with van der Waals surface area (Å²) in [5, 5.41) is 0.555. The van der Waals surface area contributed by atoms with Gasteiger partial charge in [0, 0.05) is 24.7 Å². The third-order valence-corrected chi connectivity index (χ3v) is 7.25. The summed E-state index contributed by atoms with van der Waals surface area (Å²) in [6.07, 6.45) is 2.26. The van der Waals surface area contributed by atoms with Gasteiger partial charge in [-0.15, -0.1) is 0 Å². The number of carbonyl (C=O) groups excluding carboxylic acids is 1. The third kappa shape index (κ3) is 6.06. The van der Waals surface area contributed by atoms with Crippen molar-refractivity contribution in [1.82, 2.24) is 9.62 Å². The molecule has 0 spiro atoms. The maximum absolute atomic E-state index is 13.1. The van der Waals surface area contributed by atoms with E-state index in [0.29, 0.717) is 41.9 Å². The molecule has 0 saturated heterocycles. The Bertz CT molecular complexity index is 1030. The molecule has 1 aliphatic rings. The van der Waals surface area contributed by atoms with Crippen molar-refractivity contribution in [2.75, 3.05) is 32.3 Å². The highest BCUT2D eigenvalue weighted by atomic mass is 35.5. The molecule has 0 bridgehead atoms. The first-order valence-electron chi connectivity index (χ1n) is 9.71. The zero-order valence-electron chi connectivity index (χ0n) is 17.3. The van der Waals surface area contributed by atoms with Crippen LogP contribution < -0.4 is 14.2 Å². The molecule has 1 aliphatic heterocycles. The molecule has 1 amide bonds. The summed E-state index contributed by atoms with van der Waals surface area (Å²) in [6.45, 7) is 1.05. The number of nitrogens with one attached hydrogen (secondary N) is 1. The minimum absolute atomic E-state index is 0.0208. The largest absolute Gasteiger partial charge is 0.486 e. The molecule has 31 heavy (non-hydrogen) atoms. The minimum atomic E-state index is -3.95. The van der Waals surface area contributed by atoms with Crippen molar-refractivity contribution in [3.8, 4) is 11.5 Å². The maximum atomic E-state index is 13.1. The van der Waals surface area contributed by atoms with Crippen molar-refractivity contribution in [2.45, 2.75) is 23.9 Å². The molecular formula is C21H25ClN2O5S2. The van der Waals surface area contributed by atoms with Crippen molar-refractivity contribution in [3.63, 3.8) is 0 Å². The number of hydrogen-bond donors (Lipinski definition) is 1. The molecule has 0 fully saturated rings. The Hall–Kier alpha value is -1.94. The van der Waals surface area contributed by atoms with Crippen LogP contribution in [0.1, 0.15) is 12.0 Å². The van der Waals surface area contributed by atoms with E-state index in [1.54, 1.807) is 30.9 Å². The average Bonchev–Trinajstić information content (AvgIpc) is 2.77. The Morgan fingerprint density at radius 1 is 1.19 bits per heavy atom. The summed E-state index contributed by atoms with van der Waals surface area (Å²) < 4.78 is 39.6. The lowest BCUT2D eigenvalue weighted by atomic mass is 10.1. The van der Waals surface area contributed by atoms with Gasteiger partial charge < -0.3 is 14.4 Å². The molecule has 1 unspecified atom stereocenters. The predicted molar refractivity (Wildman–Crippen MR) is 122 cm³/mol. The highest BCUT2D eigenvalue weighted by molar-refractivity contribution is 7.98. The van der Waals surface area contributed by atoms with E-state index < -0.39 is 16.1 Å². The second kappa shape index (κ2) is 10.6. The molecular weight excluding hydrogens is 460 g/mol. The molecule has 2 aromatic carbocycles. The predicted octanol–water partition coefficient (Wildman–Crippen LogP) is 3.17. The Morgan fingerprint density at radius 2 is 1.90 bits per heavy atom. The van der Waals surface area contributed by atoms with Crippen molar-refractivity contribution >= 4 is 39.3 Å². The Balaban J connectivity index is 1.78. The lowest BCUT2D eigenvalue weighted by Gasteiger charge is -2.25. The first kappa shape index (κ1) is 23.7. The van der Waals surface area contributed by atoms with Gasteiger partial charge in [-0.3, -0.25) is 4.79 Å². The summed E-state index contributed by atoms with van der Waals surface area (Å²) in [5.41, 5.74) is 0.790. The molecule has 1 atom stereocenters. The Kier molecular flexibility index (Phi) is 8.10. The lowest BCUT2D eigenvalue weighted by molar-refractivity contribution is -0.132. The van der Waals surface area contributed by atoms with Gasteiger partial charge >= 0.3 is 0 Å². The van der Waals surface area contributed by atoms with Crippen molar-refractivity contribution < 1.29 is 22.7 Å². The molecule has 0 aromatic heterocycles. The van der Waals surface area contributed by atoms with Crippen LogP contribution in [0, 0.1) is 0 Å². The zero-order valence-corrected chi connectivity index (χ0v) is 19.7. The van der Waals surface area contributed by atoms with Crippen LogP contribution >= 0.6 is 23.4 Å². The fraction of sp³-hybridized carbons (Fsp3) is 0.381. The van der Waals surface area contributed by atoms with Crippen LogP contribution in [0.4, 0.5) is 0 Å². The molecule has 1 heterocycles. The second-order valence-electron chi connectivity index (χ2n) is 7.05. The molecule has 3 rings (SSSR count). The number of likely N-dealkylation sites (N-methyl/N-ethyl adjacent to an activating group) is 1. The van der Waals surface area contributed by atoms with E-state index in [2.05, 4.69) is 4.72 Å². The number of hydrogen-bond acceptors (Lipinski definition) is 6. The van der Waals surface area contributed by atoms with E-state index in [1.807, 2.05) is 24.5 Å². The lowest BCUT2D eigenvalue weighted by Crippen LogP contribution is -2.47. The van der Waals surface area contributed by atoms with Crippen LogP contribution in [0.5, 0.6) is 11.5 Å². The summed E-state index contributed by atoms with van der Waals surface area (Å²) in [4.78, 5) is 14.6. The van der Waals surface area contributed by atoms with E-state index in [9.17, 15) is 13.2 Å². The van der Waals surface area contributed by atoms with Gasteiger partial charge in [-0.2, -0.15) is 16.5 Å². The molecule has 0 aliphatic carbocycles. The third-order valence-electron chi connectivity index (χ3n) is 4.77. The van der Waals surface area contributed by atoms with Crippen molar-refractivity contribution in [1.29, 1.82) is 0 Å². The fourth-order valence-electron chi connectivity index (χ4n) is 3.14. The van der Waals surface area contributed by atoms with Gasteiger partial charge in [0.15, 0.2) is 11.5 Å². The number of thioether (sulfide) groups is 1. The molecule has 1 N–H and O–H groups in total. The number of amides is 1. The number of fused-ring (bicyclic) bond motifs is 1. The second-order valence-corrected chi connectivity index (χ2v) is 10.2. The summed E-state index contributed by atoms with van der Waals surface area (Å²) in [5.74, 6) is 1.17. The van der Waals surface area contributed by atoms with Crippen LogP contribution in [0.3, 0.4) is 0 Å².